The molecule has 0 N–H and O–H groups in total. The lowest BCUT2D eigenvalue weighted by molar-refractivity contribution is 0.321. The van der Waals surface area contributed by atoms with Crippen LogP contribution in [0.3, 0.4) is 0 Å². The summed E-state index contributed by atoms with van der Waals surface area (Å²) < 4.78 is 1.67. The van der Waals surface area contributed by atoms with Gasteiger partial charge in [0.25, 0.3) is 5.56 Å². The second-order valence-electron chi connectivity index (χ2n) is 6.00. The minimum Gasteiger partial charge on any atom is -0.267 e. The highest BCUT2D eigenvalue weighted by molar-refractivity contribution is 5.89. The van der Waals surface area contributed by atoms with E-state index >= 15 is 0 Å². The van der Waals surface area contributed by atoms with Gasteiger partial charge in [-0.3, -0.25) is 14.8 Å². The molecule has 0 bridgehead atoms. The fourth-order valence-electron chi connectivity index (χ4n) is 3.34. The van der Waals surface area contributed by atoms with Crippen LogP contribution in [0.25, 0.3) is 22.3 Å². The van der Waals surface area contributed by atoms with Crippen LogP contribution < -0.4 is 5.56 Å². The molecule has 0 atom stereocenters. The van der Waals surface area contributed by atoms with E-state index in [0.29, 0.717) is 16.6 Å². The number of rotatable bonds is 2. The maximum Gasteiger partial charge on any atom is 0.276 e. The van der Waals surface area contributed by atoms with Gasteiger partial charge >= 0.3 is 0 Å². The van der Waals surface area contributed by atoms with Gasteiger partial charge in [-0.05, 0) is 37.1 Å². The average Bonchev–Trinajstić information content (AvgIpc) is 2.71. The Labute approximate surface area is 147 Å². The Bertz CT molecular complexity index is 883. The molecule has 0 amide bonds. The van der Waals surface area contributed by atoms with Crippen molar-refractivity contribution in [1.82, 2.24) is 19.7 Å². The smallest absolute Gasteiger partial charge is 0.267 e. The maximum atomic E-state index is 12.9. The number of aromatic nitrogens is 4. The van der Waals surface area contributed by atoms with Gasteiger partial charge in [0.1, 0.15) is 11.2 Å². The molecule has 0 radical (unpaired) electrons. The van der Waals surface area contributed by atoms with Crippen LogP contribution in [0.15, 0.2) is 47.5 Å². The van der Waals surface area contributed by atoms with E-state index in [1.54, 1.807) is 23.1 Å². The SMILES string of the molecule is CC.O=c1c2cccnc2c(-c2ccccn2)nn1C1CCCCC1. The molecule has 3 aromatic heterocycles. The predicted octanol–water partition coefficient (Wildman–Crippen LogP) is 4.38. The molecule has 1 aliphatic rings. The standard InChI is InChI=1S/C18H18N4O.C2H6/c23-18-14-9-6-12-20-16(14)17(15-10-4-5-11-19-15)21-22(18)13-7-2-1-3-8-13;1-2/h4-6,9-13H,1-3,7-8H2;1-2H3. The molecule has 1 fully saturated rings. The molecule has 0 spiro atoms. The minimum atomic E-state index is -0.0420. The molecule has 1 saturated carbocycles. The van der Waals surface area contributed by atoms with E-state index in [1.165, 1.54) is 6.42 Å². The van der Waals surface area contributed by atoms with Gasteiger partial charge in [-0.25, -0.2) is 4.68 Å². The summed E-state index contributed by atoms with van der Waals surface area (Å²) in [6, 6.07) is 9.52. The van der Waals surface area contributed by atoms with Crippen LogP contribution in [0.4, 0.5) is 0 Å². The van der Waals surface area contributed by atoms with Gasteiger partial charge in [-0.2, -0.15) is 5.10 Å². The lowest BCUT2D eigenvalue weighted by atomic mass is 9.95. The fraction of sp³-hybridized carbons (Fsp3) is 0.400. The highest BCUT2D eigenvalue weighted by atomic mass is 16.1. The quantitative estimate of drug-likeness (QED) is 0.696. The molecule has 4 rings (SSSR count). The lowest BCUT2D eigenvalue weighted by Crippen LogP contribution is -2.29. The van der Waals surface area contributed by atoms with Crippen molar-refractivity contribution in [3.8, 4) is 11.4 Å². The van der Waals surface area contributed by atoms with Crippen LogP contribution in [0, 0.1) is 0 Å². The van der Waals surface area contributed by atoms with Gasteiger partial charge in [-0.1, -0.05) is 39.2 Å². The first kappa shape index (κ1) is 17.3. The van der Waals surface area contributed by atoms with Crippen molar-refractivity contribution in [2.45, 2.75) is 52.0 Å². The Hall–Kier alpha value is -2.56. The van der Waals surface area contributed by atoms with Gasteiger partial charge < -0.3 is 0 Å². The van der Waals surface area contributed by atoms with Crippen molar-refractivity contribution in [3.05, 3.63) is 53.1 Å². The summed E-state index contributed by atoms with van der Waals surface area (Å²) in [5, 5.41) is 5.29. The van der Waals surface area contributed by atoms with Crippen molar-refractivity contribution in [2.75, 3.05) is 0 Å². The van der Waals surface area contributed by atoms with Crippen molar-refractivity contribution < 1.29 is 0 Å². The number of pyridine rings is 2. The van der Waals surface area contributed by atoms with Crippen molar-refractivity contribution in [3.63, 3.8) is 0 Å². The largest absolute Gasteiger partial charge is 0.276 e. The van der Waals surface area contributed by atoms with Crippen LogP contribution in [0.1, 0.15) is 52.0 Å². The third kappa shape index (κ3) is 3.45. The summed E-state index contributed by atoms with van der Waals surface area (Å²) in [5.74, 6) is 0. The number of fused-ring (bicyclic) bond motifs is 1. The van der Waals surface area contributed by atoms with Gasteiger partial charge in [0, 0.05) is 12.4 Å². The van der Waals surface area contributed by atoms with Crippen LogP contribution in [-0.4, -0.2) is 19.7 Å². The van der Waals surface area contributed by atoms with Crippen molar-refractivity contribution in [2.24, 2.45) is 0 Å². The van der Waals surface area contributed by atoms with E-state index in [4.69, 9.17) is 0 Å². The monoisotopic (exact) mass is 336 g/mol. The molecule has 0 unspecified atom stereocenters. The number of hydrogen-bond acceptors (Lipinski definition) is 4. The Morgan fingerprint density at radius 1 is 0.960 bits per heavy atom. The number of nitrogens with zero attached hydrogens (tertiary/aromatic N) is 4. The van der Waals surface area contributed by atoms with Crippen LogP contribution in [0.5, 0.6) is 0 Å². The van der Waals surface area contributed by atoms with Gasteiger partial charge in [-0.15, -0.1) is 0 Å². The third-order valence-corrected chi connectivity index (χ3v) is 4.51. The molecule has 130 valence electrons. The second-order valence-corrected chi connectivity index (χ2v) is 6.00. The third-order valence-electron chi connectivity index (χ3n) is 4.51. The molecule has 25 heavy (non-hydrogen) atoms. The minimum absolute atomic E-state index is 0.0420. The summed E-state index contributed by atoms with van der Waals surface area (Å²) in [6.45, 7) is 4.00. The zero-order chi connectivity index (χ0) is 17.6. The molecule has 5 nitrogen and oxygen atoms in total. The summed E-state index contributed by atoms with van der Waals surface area (Å²) in [4.78, 5) is 21.6. The van der Waals surface area contributed by atoms with Gasteiger partial charge in [0.2, 0.25) is 0 Å². The Morgan fingerprint density at radius 3 is 2.44 bits per heavy atom. The van der Waals surface area contributed by atoms with E-state index in [9.17, 15) is 4.79 Å². The number of hydrogen-bond donors (Lipinski definition) is 0. The predicted molar refractivity (Wildman–Crippen MR) is 100 cm³/mol. The Morgan fingerprint density at radius 2 is 1.72 bits per heavy atom. The Balaban J connectivity index is 0.000000880. The zero-order valence-corrected chi connectivity index (χ0v) is 14.9. The van der Waals surface area contributed by atoms with Gasteiger partial charge in [0.05, 0.1) is 17.1 Å². The lowest BCUT2D eigenvalue weighted by Gasteiger charge is -2.23. The topological polar surface area (TPSA) is 60.7 Å². The molecule has 0 aliphatic heterocycles. The molecule has 3 heterocycles. The summed E-state index contributed by atoms with van der Waals surface area (Å²) >= 11 is 0. The van der Waals surface area contributed by atoms with E-state index in [1.807, 2.05) is 38.1 Å². The highest BCUT2D eigenvalue weighted by Gasteiger charge is 2.21. The Kier molecular flexibility index (Phi) is 5.53. The first-order valence-corrected chi connectivity index (χ1v) is 9.13. The molecular formula is C20H24N4O. The molecule has 1 aliphatic carbocycles. The van der Waals surface area contributed by atoms with Crippen LogP contribution in [0.2, 0.25) is 0 Å². The van der Waals surface area contributed by atoms with Crippen LogP contribution in [-0.2, 0) is 0 Å². The first-order chi connectivity index (χ1) is 12.3. The van der Waals surface area contributed by atoms with E-state index < -0.39 is 0 Å². The summed E-state index contributed by atoms with van der Waals surface area (Å²) in [5.41, 5.74) is 2.02. The highest BCUT2D eigenvalue weighted by Crippen LogP contribution is 2.28. The van der Waals surface area contributed by atoms with Gasteiger partial charge in [0.15, 0.2) is 0 Å². The van der Waals surface area contributed by atoms with Crippen molar-refractivity contribution >= 4 is 10.9 Å². The molecule has 3 aromatic rings. The van der Waals surface area contributed by atoms with E-state index in [0.717, 1.165) is 31.4 Å². The van der Waals surface area contributed by atoms with Crippen molar-refractivity contribution in [1.29, 1.82) is 0 Å². The zero-order valence-electron chi connectivity index (χ0n) is 14.9. The summed E-state index contributed by atoms with van der Waals surface area (Å²) in [7, 11) is 0. The maximum absolute atomic E-state index is 12.9. The molecule has 0 aromatic carbocycles. The van der Waals surface area contributed by atoms with Crippen LogP contribution >= 0.6 is 0 Å². The van der Waals surface area contributed by atoms with E-state index in [2.05, 4.69) is 15.1 Å². The molecular weight excluding hydrogens is 312 g/mol. The average molecular weight is 336 g/mol. The molecule has 5 heteroatoms. The van der Waals surface area contributed by atoms with E-state index in [-0.39, 0.29) is 11.6 Å². The normalized spacial score (nSPS) is 14.8. The molecule has 0 saturated heterocycles. The fourth-order valence-corrected chi connectivity index (χ4v) is 3.34. The second kappa shape index (κ2) is 8.01. The summed E-state index contributed by atoms with van der Waals surface area (Å²) in [6.07, 6.45) is 9.02. The first-order valence-electron chi connectivity index (χ1n) is 9.13.